The van der Waals surface area contributed by atoms with Crippen LogP contribution in [0.3, 0.4) is 0 Å². The highest BCUT2D eigenvalue weighted by molar-refractivity contribution is 7.89. The highest BCUT2D eigenvalue weighted by Crippen LogP contribution is 2.63. The summed E-state index contributed by atoms with van der Waals surface area (Å²) in [6, 6.07) is 6.01. The molecule has 0 aromatic heterocycles. The van der Waals surface area contributed by atoms with Gasteiger partial charge in [0.25, 0.3) is 5.91 Å². The minimum absolute atomic E-state index is 0.0220. The van der Waals surface area contributed by atoms with E-state index in [4.69, 9.17) is 0 Å². The fourth-order valence-electron chi connectivity index (χ4n) is 5.54. The maximum atomic E-state index is 12.9. The van der Waals surface area contributed by atoms with Crippen LogP contribution in [0.4, 0.5) is 4.79 Å². The van der Waals surface area contributed by atoms with E-state index in [0.717, 1.165) is 25.2 Å². The molecular weight excluding hydrogens is 440 g/mol. The van der Waals surface area contributed by atoms with Crippen molar-refractivity contribution in [3.05, 3.63) is 29.8 Å². The summed E-state index contributed by atoms with van der Waals surface area (Å²) < 4.78 is 26.3. The van der Waals surface area contributed by atoms with E-state index in [1.807, 2.05) is 0 Å². The smallest absolute Gasteiger partial charge is 0.315 e. The van der Waals surface area contributed by atoms with Crippen molar-refractivity contribution in [1.29, 1.82) is 0 Å². The van der Waals surface area contributed by atoms with E-state index in [0.29, 0.717) is 36.9 Å². The monoisotopic (exact) mass is 476 g/mol. The number of rotatable bonds is 6. The van der Waals surface area contributed by atoms with Gasteiger partial charge in [-0.3, -0.25) is 4.79 Å². The summed E-state index contributed by atoms with van der Waals surface area (Å²) in [4.78, 5) is 27.5. The number of fused-ring (bicyclic) bond motifs is 1. The van der Waals surface area contributed by atoms with Crippen molar-refractivity contribution in [3.63, 3.8) is 0 Å². The van der Waals surface area contributed by atoms with Gasteiger partial charge in [-0.05, 0) is 81.5 Å². The fourth-order valence-corrected chi connectivity index (χ4v) is 6.31. The van der Waals surface area contributed by atoms with Crippen molar-refractivity contribution in [2.45, 2.75) is 75.3 Å². The molecule has 8 nitrogen and oxygen atoms in total. The average Bonchev–Trinajstić information content (AvgIpc) is 3.49. The zero-order chi connectivity index (χ0) is 23.9. The number of carbonyl (C=O) groups is 2. The molecule has 3 atom stereocenters. The molecule has 3 amide bonds. The van der Waals surface area contributed by atoms with Crippen LogP contribution in [0.15, 0.2) is 29.2 Å². The number of hydrogen-bond acceptors (Lipinski definition) is 4. The Hall–Kier alpha value is -2.13. The summed E-state index contributed by atoms with van der Waals surface area (Å²) in [6.07, 6.45) is 6.88. The number of nitrogens with one attached hydrogen (secondary N) is 3. The number of nitrogens with zero attached hydrogens (tertiary/aromatic N) is 1. The van der Waals surface area contributed by atoms with E-state index < -0.39 is 10.0 Å². The van der Waals surface area contributed by atoms with Crippen molar-refractivity contribution in [1.82, 2.24) is 20.3 Å². The average molecular weight is 477 g/mol. The summed E-state index contributed by atoms with van der Waals surface area (Å²) in [6.45, 7) is 5.56. The molecule has 0 spiro atoms. The molecule has 1 saturated heterocycles. The topological polar surface area (TPSA) is 108 Å². The van der Waals surface area contributed by atoms with E-state index in [-0.39, 0.29) is 28.4 Å². The van der Waals surface area contributed by atoms with Crippen molar-refractivity contribution in [2.24, 2.45) is 11.3 Å². The van der Waals surface area contributed by atoms with E-state index in [9.17, 15) is 18.0 Å². The molecule has 3 aliphatic rings. The van der Waals surface area contributed by atoms with Gasteiger partial charge in [-0.2, -0.15) is 0 Å². The Morgan fingerprint density at radius 1 is 1.15 bits per heavy atom. The Labute approximate surface area is 196 Å². The molecule has 2 saturated carbocycles. The molecule has 1 aromatic carbocycles. The SMILES string of the molecule is CCC1(NC(=O)NC2CCN(C(=O)c3cccc(S(=O)(=O)NC)c3)CC2)CC[C@]2(C)CC2C1. The first-order chi connectivity index (χ1) is 15.6. The molecule has 4 rings (SSSR count). The fraction of sp³-hybridized carbons (Fsp3) is 0.667. The summed E-state index contributed by atoms with van der Waals surface area (Å²) in [5.41, 5.74) is 0.761. The number of benzene rings is 1. The number of piperidine rings is 1. The van der Waals surface area contributed by atoms with Gasteiger partial charge >= 0.3 is 6.03 Å². The first-order valence-corrected chi connectivity index (χ1v) is 13.5. The van der Waals surface area contributed by atoms with Crippen LogP contribution in [0.25, 0.3) is 0 Å². The minimum atomic E-state index is -3.61. The molecule has 3 fully saturated rings. The Morgan fingerprint density at radius 2 is 1.88 bits per heavy atom. The molecule has 0 bridgehead atoms. The number of sulfonamides is 1. The van der Waals surface area contributed by atoms with Crippen LogP contribution >= 0.6 is 0 Å². The van der Waals surface area contributed by atoms with Crippen molar-refractivity contribution >= 4 is 22.0 Å². The second kappa shape index (κ2) is 8.91. The standard InChI is InChI=1S/C24H36N4O4S/c1-4-24(11-10-23(2)15-18(23)16-24)27-22(30)26-19-8-12-28(13-9-19)21(29)17-6-5-7-20(14-17)33(31,32)25-3/h5-7,14,18-19,25H,4,8-13,15-16H2,1-3H3,(H2,26,27,30)/t18?,23-,24?/m1/s1. The molecule has 2 unspecified atom stereocenters. The predicted molar refractivity (Wildman–Crippen MR) is 126 cm³/mol. The molecule has 2 aliphatic carbocycles. The largest absolute Gasteiger partial charge is 0.338 e. The van der Waals surface area contributed by atoms with Crippen LogP contribution < -0.4 is 15.4 Å². The first-order valence-electron chi connectivity index (χ1n) is 12.0. The Morgan fingerprint density at radius 3 is 2.52 bits per heavy atom. The van der Waals surface area contributed by atoms with Crippen molar-refractivity contribution in [2.75, 3.05) is 20.1 Å². The second-order valence-corrected chi connectivity index (χ2v) is 12.2. The van der Waals surface area contributed by atoms with E-state index >= 15 is 0 Å². The first kappa shape index (κ1) is 24.0. The third-order valence-corrected chi connectivity index (χ3v) is 9.59. The highest BCUT2D eigenvalue weighted by atomic mass is 32.2. The van der Waals surface area contributed by atoms with Gasteiger partial charge in [0.15, 0.2) is 0 Å². The van der Waals surface area contributed by atoms with Gasteiger partial charge in [0.05, 0.1) is 4.90 Å². The summed E-state index contributed by atoms with van der Waals surface area (Å²) in [5.74, 6) is 0.549. The lowest BCUT2D eigenvalue weighted by Crippen LogP contribution is -2.56. The lowest BCUT2D eigenvalue weighted by Gasteiger charge is -2.40. The summed E-state index contributed by atoms with van der Waals surface area (Å²) in [5, 5.41) is 6.42. The van der Waals surface area contributed by atoms with Crippen LogP contribution in [0, 0.1) is 11.3 Å². The van der Waals surface area contributed by atoms with Gasteiger partial charge < -0.3 is 15.5 Å². The molecule has 182 valence electrons. The normalized spacial score (nSPS) is 29.8. The summed E-state index contributed by atoms with van der Waals surface area (Å²) >= 11 is 0. The van der Waals surface area contributed by atoms with Crippen LogP contribution in [-0.2, 0) is 10.0 Å². The number of carbonyl (C=O) groups excluding carboxylic acids is 2. The maximum absolute atomic E-state index is 12.9. The third-order valence-electron chi connectivity index (χ3n) is 8.18. The van der Waals surface area contributed by atoms with Crippen molar-refractivity contribution < 1.29 is 18.0 Å². The zero-order valence-electron chi connectivity index (χ0n) is 19.8. The van der Waals surface area contributed by atoms with E-state index in [2.05, 4.69) is 29.2 Å². The van der Waals surface area contributed by atoms with Gasteiger partial charge in [-0.15, -0.1) is 0 Å². The molecular formula is C24H36N4O4S. The predicted octanol–water partition coefficient (Wildman–Crippen LogP) is 2.86. The minimum Gasteiger partial charge on any atom is -0.338 e. The van der Waals surface area contributed by atoms with Gasteiger partial charge in [0.2, 0.25) is 10.0 Å². The third kappa shape index (κ3) is 5.04. The Bertz CT molecular complexity index is 1020. The van der Waals surface area contributed by atoms with Gasteiger partial charge in [0.1, 0.15) is 0 Å². The van der Waals surface area contributed by atoms with E-state index in [1.165, 1.54) is 32.0 Å². The number of urea groups is 1. The molecule has 1 heterocycles. The van der Waals surface area contributed by atoms with Crippen LogP contribution in [0.2, 0.25) is 0 Å². The molecule has 3 N–H and O–H groups in total. The molecule has 1 aliphatic heterocycles. The van der Waals surface area contributed by atoms with Crippen molar-refractivity contribution in [3.8, 4) is 0 Å². The van der Waals surface area contributed by atoms with Gasteiger partial charge in [-0.1, -0.05) is 19.9 Å². The number of amides is 3. The number of likely N-dealkylation sites (tertiary alicyclic amines) is 1. The molecule has 1 aromatic rings. The quantitative estimate of drug-likeness (QED) is 0.587. The van der Waals surface area contributed by atoms with Crippen LogP contribution in [0.1, 0.15) is 69.2 Å². The van der Waals surface area contributed by atoms with Crippen LogP contribution in [-0.4, -0.2) is 57.0 Å². The zero-order valence-corrected chi connectivity index (χ0v) is 20.6. The molecule has 33 heavy (non-hydrogen) atoms. The second-order valence-electron chi connectivity index (χ2n) is 10.3. The lowest BCUT2D eigenvalue weighted by atomic mass is 9.75. The van der Waals surface area contributed by atoms with Crippen LogP contribution in [0.5, 0.6) is 0 Å². The Balaban J connectivity index is 1.29. The van der Waals surface area contributed by atoms with E-state index in [1.54, 1.807) is 17.0 Å². The maximum Gasteiger partial charge on any atom is 0.315 e. The van der Waals surface area contributed by atoms with Gasteiger partial charge in [-0.25, -0.2) is 17.9 Å². The Kier molecular flexibility index (Phi) is 6.48. The molecule has 9 heteroatoms. The summed E-state index contributed by atoms with van der Waals surface area (Å²) in [7, 11) is -2.26. The molecule has 0 radical (unpaired) electrons. The number of hydrogen-bond donors (Lipinski definition) is 3. The van der Waals surface area contributed by atoms with Gasteiger partial charge in [0, 0.05) is 30.2 Å². The lowest BCUT2D eigenvalue weighted by molar-refractivity contribution is 0.0707. The highest BCUT2D eigenvalue weighted by Gasteiger charge is 2.56.